The first-order valence-corrected chi connectivity index (χ1v) is 8.53. The van der Waals surface area contributed by atoms with Gasteiger partial charge in [0.25, 0.3) is 0 Å². The maximum absolute atomic E-state index is 11.8. The molecule has 0 atom stereocenters. The average Bonchev–Trinajstić information content (AvgIpc) is 2.78. The minimum atomic E-state index is 0.348. The van der Waals surface area contributed by atoms with Crippen LogP contribution in [0.3, 0.4) is 0 Å². The number of Topliss-reactive ketones (excluding diaryl/α,β-unsaturated/α-hetero) is 1. The van der Waals surface area contributed by atoms with Crippen LogP contribution in [0.2, 0.25) is 0 Å². The van der Waals surface area contributed by atoms with Crippen molar-refractivity contribution in [1.82, 2.24) is 4.98 Å². The van der Waals surface area contributed by atoms with Gasteiger partial charge >= 0.3 is 0 Å². The number of aryl methyl sites for hydroxylation is 1. The van der Waals surface area contributed by atoms with E-state index in [1.165, 1.54) is 44.9 Å². The first kappa shape index (κ1) is 16.4. The standard InChI is InChI=1S/C16H27NOS/c1-3-4-5-6-7-8-9-10-11-15(18)12-16-17-14(2)13-19-16/h13H,3-12H2,1-2H3. The van der Waals surface area contributed by atoms with Gasteiger partial charge < -0.3 is 0 Å². The van der Waals surface area contributed by atoms with Crippen molar-refractivity contribution < 1.29 is 4.79 Å². The zero-order chi connectivity index (χ0) is 13.9. The topological polar surface area (TPSA) is 30.0 Å². The lowest BCUT2D eigenvalue weighted by atomic mass is 10.1. The van der Waals surface area contributed by atoms with E-state index in [1.54, 1.807) is 11.3 Å². The second-order valence-corrected chi connectivity index (χ2v) is 6.27. The van der Waals surface area contributed by atoms with E-state index in [-0.39, 0.29) is 0 Å². The zero-order valence-electron chi connectivity index (χ0n) is 12.4. The third kappa shape index (κ3) is 8.14. The van der Waals surface area contributed by atoms with Crippen LogP contribution in [-0.2, 0) is 11.2 Å². The van der Waals surface area contributed by atoms with Gasteiger partial charge in [0.05, 0.1) is 6.42 Å². The number of carbonyl (C=O) groups is 1. The lowest BCUT2D eigenvalue weighted by Crippen LogP contribution is -2.02. The Morgan fingerprint density at radius 1 is 1.11 bits per heavy atom. The summed E-state index contributed by atoms with van der Waals surface area (Å²) in [5.74, 6) is 0.348. The van der Waals surface area contributed by atoms with Crippen LogP contribution in [0.25, 0.3) is 0 Å². The number of hydrogen-bond acceptors (Lipinski definition) is 3. The smallest absolute Gasteiger partial charge is 0.139 e. The van der Waals surface area contributed by atoms with E-state index >= 15 is 0 Å². The highest BCUT2D eigenvalue weighted by molar-refractivity contribution is 7.09. The van der Waals surface area contributed by atoms with E-state index in [0.29, 0.717) is 12.2 Å². The molecule has 0 aromatic carbocycles. The van der Waals surface area contributed by atoms with Gasteiger partial charge in [-0.25, -0.2) is 4.98 Å². The van der Waals surface area contributed by atoms with Crippen LogP contribution in [-0.4, -0.2) is 10.8 Å². The van der Waals surface area contributed by atoms with Crippen molar-refractivity contribution in [3.63, 3.8) is 0 Å². The summed E-state index contributed by atoms with van der Waals surface area (Å²) in [4.78, 5) is 16.1. The number of hydrogen-bond donors (Lipinski definition) is 0. The minimum Gasteiger partial charge on any atom is -0.299 e. The van der Waals surface area contributed by atoms with Crippen molar-refractivity contribution in [3.05, 3.63) is 16.1 Å². The molecule has 1 heterocycles. The minimum absolute atomic E-state index is 0.348. The zero-order valence-corrected chi connectivity index (χ0v) is 13.2. The maximum atomic E-state index is 11.8. The molecule has 0 saturated heterocycles. The molecule has 0 unspecified atom stereocenters. The number of ketones is 1. The first-order chi connectivity index (χ1) is 9.22. The molecule has 1 rings (SSSR count). The molecule has 0 fully saturated rings. The molecule has 108 valence electrons. The molecule has 0 aliphatic heterocycles. The van der Waals surface area contributed by atoms with Crippen LogP contribution in [0.1, 0.15) is 75.4 Å². The fraction of sp³-hybridized carbons (Fsp3) is 0.750. The van der Waals surface area contributed by atoms with Crippen molar-refractivity contribution in [3.8, 4) is 0 Å². The Morgan fingerprint density at radius 2 is 1.74 bits per heavy atom. The third-order valence-electron chi connectivity index (χ3n) is 3.32. The lowest BCUT2D eigenvalue weighted by molar-refractivity contribution is -0.118. The number of thiazole rings is 1. The van der Waals surface area contributed by atoms with E-state index in [2.05, 4.69) is 11.9 Å². The fourth-order valence-electron chi connectivity index (χ4n) is 2.20. The number of nitrogens with zero attached hydrogens (tertiary/aromatic N) is 1. The molecule has 0 bridgehead atoms. The van der Waals surface area contributed by atoms with Crippen LogP contribution >= 0.6 is 11.3 Å². The summed E-state index contributed by atoms with van der Waals surface area (Å²) in [7, 11) is 0. The highest BCUT2D eigenvalue weighted by Gasteiger charge is 2.06. The van der Waals surface area contributed by atoms with Gasteiger partial charge in [0.15, 0.2) is 0 Å². The van der Waals surface area contributed by atoms with Gasteiger partial charge in [0.2, 0.25) is 0 Å². The fourth-order valence-corrected chi connectivity index (χ4v) is 3.00. The SMILES string of the molecule is CCCCCCCCCCC(=O)Cc1nc(C)cs1. The molecule has 1 aromatic heterocycles. The molecular formula is C16H27NOS. The molecule has 0 saturated carbocycles. The molecule has 0 aliphatic rings. The molecule has 1 aromatic rings. The van der Waals surface area contributed by atoms with Crippen molar-refractivity contribution in [2.45, 2.75) is 78.1 Å². The third-order valence-corrected chi connectivity index (χ3v) is 4.29. The Bertz CT molecular complexity index is 359. The summed E-state index contributed by atoms with van der Waals surface area (Å²) in [5.41, 5.74) is 1.03. The molecule has 0 N–H and O–H groups in total. The first-order valence-electron chi connectivity index (χ1n) is 7.65. The number of unbranched alkanes of at least 4 members (excludes halogenated alkanes) is 7. The molecular weight excluding hydrogens is 254 g/mol. The van der Waals surface area contributed by atoms with Gasteiger partial charge in [-0.3, -0.25) is 4.79 Å². The Morgan fingerprint density at radius 3 is 2.32 bits per heavy atom. The largest absolute Gasteiger partial charge is 0.299 e. The predicted octanol–water partition coefficient (Wildman–Crippen LogP) is 5.09. The van der Waals surface area contributed by atoms with Crippen LogP contribution in [0.15, 0.2) is 5.38 Å². The molecule has 3 heteroatoms. The highest BCUT2D eigenvalue weighted by atomic mass is 32.1. The number of carbonyl (C=O) groups excluding carboxylic acids is 1. The van der Waals surface area contributed by atoms with Gasteiger partial charge in [-0.15, -0.1) is 11.3 Å². The summed E-state index contributed by atoms with van der Waals surface area (Å²) in [6.07, 6.45) is 11.6. The van der Waals surface area contributed by atoms with Gasteiger partial charge in [-0.05, 0) is 13.3 Å². The van der Waals surface area contributed by atoms with Crippen molar-refractivity contribution in [2.75, 3.05) is 0 Å². The molecule has 0 aliphatic carbocycles. The van der Waals surface area contributed by atoms with Crippen LogP contribution in [0.4, 0.5) is 0 Å². The van der Waals surface area contributed by atoms with E-state index in [4.69, 9.17) is 0 Å². The van der Waals surface area contributed by atoms with Crippen molar-refractivity contribution in [2.24, 2.45) is 0 Å². The van der Waals surface area contributed by atoms with E-state index in [9.17, 15) is 4.79 Å². The number of rotatable bonds is 11. The maximum Gasteiger partial charge on any atom is 0.139 e. The summed E-state index contributed by atoms with van der Waals surface area (Å²) < 4.78 is 0. The van der Waals surface area contributed by atoms with E-state index < -0.39 is 0 Å². The Kier molecular flexibility index (Phi) is 8.72. The van der Waals surface area contributed by atoms with Crippen LogP contribution in [0.5, 0.6) is 0 Å². The molecule has 19 heavy (non-hydrogen) atoms. The summed E-state index contributed by atoms with van der Waals surface area (Å²) in [5, 5.41) is 2.99. The van der Waals surface area contributed by atoms with Crippen molar-refractivity contribution in [1.29, 1.82) is 0 Å². The van der Waals surface area contributed by atoms with Crippen LogP contribution in [0, 0.1) is 6.92 Å². The summed E-state index contributed by atoms with van der Waals surface area (Å²) in [6, 6.07) is 0. The van der Waals surface area contributed by atoms with E-state index in [1.807, 2.05) is 12.3 Å². The quantitative estimate of drug-likeness (QED) is 0.528. The lowest BCUT2D eigenvalue weighted by Gasteiger charge is -2.01. The highest BCUT2D eigenvalue weighted by Crippen LogP contribution is 2.13. The monoisotopic (exact) mass is 281 g/mol. The normalized spacial score (nSPS) is 10.8. The van der Waals surface area contributed by atoms with Crippen molar-refractivity contribution >= 4 is 17.1 Å². The van der Waals surface area contributed by atoms with Crippen LogP contribution < -0.4 is 0 Å². The number of aromatic nitrogens is 1. The second-order valence-electron chi connectivity index (χ2n) is 5.32. The van der Waals surface area contributed by atoms with Gasteiger partial charge in [0, 0.05) is 17.5 Å². The molecule has 2 nitrogen and oxygen atoms in total. The second kappa shape index (κ2) is 10.1. The summed E-state index contributed by atoms with van der Waals surface area (Å²) >= 11 is 1.60. The summed E-state index contributed by atoms with van der Waals surface area (Å²) in [6.45, 7) is 4.22. The molecule has 0 radical (unpaired) electrons. The Hall–Kier alpha value is -0.700. The predicted molar refractivity (Wildman–Crippen MR) is 82.8 cm³/mol. The molecule has 0 amide bonds. The van der Waals surface area contributed by atoms with E-state index in [0.717, 1.165) is 23.5 Å². The Labute approximate surface area is 121 Å². The molecule has 0 spiro atoms. The van der Waals surface area contributed by atoms with Gasteiger partial charge in [-0.1, -0.05) is 51.9 Å². The average molecular weight is 281 g/mol. The van der Waals surface area contributed by atoms with Gasteiger partial charge in [-0.2, -0.15) is 0 Å². The van der Waals surface area contributed by atoms with Gasteiger partial charge in [0.1, 0.15) is 10.8 Å². The Balaban J connectivity index is 1.96.